The number of carbonyl (C=O) groups excluding carboxylic acids is 1. The van der Waals surface area contributed by atoms with Crippen LogP contribution in [0.15, 0.2) is 29.2 Å². The minimum Gasteiger partial charge on any atom is -0.481 e. The van der Waals surface area contributed by atoms with E-state index in [0.717, 1.165) is 10.5 Å². The number of hydrogen-bond donors (Lipinski definition) is 1. The SMILES string of the molecule is CSc1ccc(CC(=O)N2CCOC[C@@H]2CC(=O)O)cc1. The average molecular weight is 309 g/mol. The molecule has 1 N–H and O–H groups in total. The Kier molecular flexibility index (Phi) is 5.64. The number of carboxylic acids is 1. The van der Waals surface area contributed by atoms with Crippen molar-refractivity contribution in [2.24, 2.45) is 0 Å². The molecule has 1 aliphatic heterocycles. The molecule has 0 aromatic heterocycles. The lowest BCUT2D eigenvalue weighted by atomic mass is 10.1. The van der Waals surface area contributed by atoms with Gasteiger partial charge in [0.1, 0.15) is 0 Å². The predicted molar refractivity (Wildman–Crippen MR) is 80.5 cm³/mol. The highest BCUT2D eigenvalue weighted by molar-refractivity contribution is 7.98. The Morgan fingerprint density at radius 2 is 2.10 bits per heavy atom. The minimum absolute atomic E-state index is 0.0403. The molecule has 6 heteroatoms. The number of amides is 1. The Bertz CT molecular complexity index is 503. The van der Waals surface area contributed by atoms with Crippen molar-refractivity contribution in [3.05, 3.63) is 29.8 Å². The van der Waals surface area contributed by atoms with Crippen LogP contribution in [0.3, 0.4) is 0 Å². The van der Waals surface area contributed by atoms with Gasteiger partial charge in [0.2, 0.25) is 5.91 Å². The molecular formula is C15H19NO4S. The van der Waals surface area contributed by atoms with Crippen LogP contribution in [0.2, 0.25) is 0 Å². The van der Waals surface area contributed by atoms with Crippen molar-refractivity contribution < 1.29 is 19.4 Å². The highest BCUT2D eigenvalue weighted by atomic mass is 32.2. The first kappa shape index (κ1) is 15.9. The summed E-state index contributed by atoms with van der Waals surface area (Å²) in [5.41, 5.74) is 0.943. The van der Waals surface area contributed by atoms with Gasteiger partial charge in [0.25, 0.3) is 0 Å². The fourth-order valence-corrected chi connectivity index (χ4v) is 2.78. The van der Waals surface area contributed by atoms with Crippen LogP contribution in [0.1, 0.15) is 12.0 Å². The molecule has 0 spiro atoms. The lowest BCUT2D eigenvalue weighted by molar-refractivity contribution is -0.145. The summed E-state index contributed by atoms with van der Waals surface area (Å²) in [5, 5.41) is 8.92. The van der Waals surface area contributed by atoms with E-state index in [-0.39, 0.29) is 18.4 Å². The summed E-state index contributed by atoms with van der Waals surface area (Å²) in [6, 6.07) is 7.49. The summed E-state index contributed by atoms with van der Waals surface area (Å²) in [7, 11) is 0. The van der Waals surface area contributed by atoms with Crippen LogP contribution in [-0.2, 0) is 20.7 Å². The minimum atomic E-state index is -0.910. The third-order valence-corrected chi connectivity index (χ3v) is 4.22. The number of benzene rings is 1. The molecule has 0 bridgehead atoms. The summed E-state index contributed by atoms with van der Waals surface area (Å²) in [5.74, 6) is -0.950. The summed E-state index contributed by atoms with van der Waals surface area (Å²) < 4.78 is 5.28. The van der Waals surface area contributed by atoms with Gasteiger partial charge in [-0.3, -0.25) is 9.59 Å². The molecule has 1 amide bonds. The topological polar surface area (TPSA) is 66.8 Å². The zero-order chi connectivity index (χ0) is 15.2. The molecule has 0 aliphatic carbocycles. The number of ether oxygens (including phenoxy) is 1. The molecule has 2 rings (SSSR count). The van der Waals surface area contributed by atoms with Crippen molar-refractivity contribution in [3.8, 4) is 0 Å². The Labute approximate surface area is 128 Å². The van der Waals surface area contributed by atoms with Crippen LogP contribution in [0.4, 0.5) is 0 Å². The van der Waals surface area contributed by atoms with Gasteiger partial charge in [-0.1, -0.05) is 12.1 Å². The summed E-state index contributed by atoms with van der Waals surface area (Å²) in [6.45, 7) is 1.22. The van der Waals surface area contributed by atoms with Crippen molar-refractivity contribution in [2.45, 2.75) is 23.8 Å². The van der Waals surface area contributed by atoms with Crippen molar-refractivity contribution in [1.82, 2.24) is 4.90 Å². The highest BCUT2D eigenvalue weighted by Crippen LogP contribution is 2.17. The summed E-state index contributed by atoms with van der Waals surface area (Å²) in [6.07, 6.45) is 2.23. The monoisotopic (exact) mass is 309 g/mol. The molecule has 114 valence electrons. The van der Waals surface area contributed by atoms with Crippen molar-refractivity contribution in [3.63, 3.8) is 0 Å². The number of nitrogens with zero attached hydrogens (tertiary/aromatic N) is 1. The predicted octanol–water partition coefficient (Wildman–Crippen LogP) is 1.65. The second-order valence-electron chi connectivity index (χ2n) is 4.94. The van der Waals surface area contributed by atoms with Crippen LogP contribution >= 0.6 is 11.8 Å². The molecule has 1 aromatic carbocycles. The molecule has 21 heavy (non-hydrogen) atoms. The largest absolute Gasteiger partial charge is 0.481 e. The van der Waals surface area contributed by atoms with Crippen molar-refractivity contribution in [1.29, 1.82) is 0 Å². The van der Waals surface area contributed by atoms with Gasteiger partial charge in [-0.05, 0) is 24.0 Å². The van der Waals surface area contributed by atoms with Gasteiger partial charge < -0.3 is 14.7 Å². The molecule has 1 fully saturated rings. The van der Waals surface area contributed by atoms with Crippen LogP contribution in [0, 0.1) is 0 Å². The number of rotatable bonds is 5. The number of thioether (sulfide) groups is 1. The molecule has 0 unspecified atom stereocenters. The van der Waals surface area contributed by atoms with E-state index in [1.54, 1.807) is 16.7 Å². The van der Waals surface area contributed by atoms with Gasteiger partial charge >= 0.3 is 5.97 Å². The lowest BCUT2D eigenvalue weighted by Gasteiger charge is -2.35. The van der Waals surface area contributed by atoms with Crippen molar-refractivity contribution in [2.75, 3.05) is 26.0 Å². The van der Waals surface area contributed by atoms with Crippen LogP contribution in [0.25, 0.3) is 0 Å². The normalized spacial score (nSPS) is 18.5. The molecule has 1 heterocycles. The van der Waals surface area contributed by atoms with Gasteiger partial charge in [-0.2, -0.15) is 0 Å². The average Bonchev–Trinajstić information content (AvgIpc) is 2.48. The summed E-state index contributed by atoms with van der Waals surface area (Å²) in [4.78, 5) is 26.0. The highest BCUT2D eigenvalue weighted by Gasteiger charge is 2.28. The fourth-order valence-electron chi connectivity index (χ4n) is 2.37. The molecule has 1 atom stereocenters. The number of aliphatic carboxylic acids is 1. The van der Waals surface area contributed by atoms with E-state index >= 15 is 0 Å². The van der Waals surface area contributed by atoms with Crippen LogP contribution in [-0.4, -0.2) is 53.9 Å². The molecule has 1 aliphatic rings. The molecule has 0 radical (unpaired) electrons. The van der Waals surface area contributed by atoms with Gasteiger partial charge in [0.05, 0.1) is 32.1 Å². The van der Waals surface area contributed by atoms with E-state index in [0.29, 0.717) is 26.2 Å². The Balaban J connectivity index is 2.00. The molecule has 1 aromatic rings. The third kappa shape index (κ3) is 4.47. The quantitative estimate of drug-likeness (QED) is 0.838. The standard InChI is InChI=1S/C15H19NO4S/c1-21-13-4-2-11(3-5-13)8-14(17)16-6-7-20-10-12(16)9-15(18)19/h2-5,12H,6-10H2,1H3,(H,18,19)/t12-/m0/s1. The number of morpholine rings is 1. The van der Waals surface area contributed by atoms with Crippen molar-refractivity contribution >= 4 is 23.6 Å². The smallest absolute Gasteiger partial charge is 0.305 e. The van der Waals surface area contributed by atoms with Gasteiger partial charge in [-0.25, -0.2) is 0 Å². The first-order valence-corrected chi connectivity index (χ1v) is 8.04. The Morgan fingerprint density at radius 1 is 1.38 bits per heavy atom. The van der Waals surface area contributed by atoms with E-state index in [2.05, 4.69) is 0 Å². The Morgan fingerprint density at radius 3 is 2.71 bits per heavy atom. The fraction of sp³-hybridized carbons (Fsp3) is 0.467. The molecular weight excluding hydrogens is 290 g/mol. The first-order chi connectivity index (χ1) is 10.1. The van der Waals surface area contributed by atoms with E-state index in [4.69, 9.17) is 9.84 Å². The third-order valence-electron chi connectivity index (χ3n) is 3.47. The second kappa shape index (κ2) is 7.47. The Hall–Kier alpha value is -1.53. The first-order valence-electron chi connectivity index (χ1n) is 6.82. The maximum absolute atomic E-state index is 12.4. The van der Waals surface area contributed by atoms with E-state index in [9.17, 15) is 9.59 Å². The number of carboxylic acid groups (broad SMARTS) is 1. The lowest BCUT2D eigenvalue weighted by Crippen LogP contribution is -2.50. The van der Waals surface area contributed by atoms with Gasteiger partial charge in [0.15, 0.2) is 0 Å². The van der Waals surface area contributed by atoms with E-state index in [1.807, 2.05) is 30.5 Å². The number of carbonyl (C=O) groups is 2. The maximum Gasteiger partial charge on any atom is 0.305 e. The van der Waals surface area contributed by atoms with Gasteiger partial charge in [0, 0.05) is 11.4 Å². The maximum atomic E-state index is 12.4. The van der Waals surface area contributed by atoms with E-state index in [1.165, 1.54) is 0 Å². The molecule has 5 nitrogen and oxygen atoms in total. The zero-order valence-electron chi connectivity index (χ0n) is 11.9. The summed E-state index contributed by atoms with van der Waals surface area (Å²) >= 11 is 1.65. The molecule has 0 saturated carbocycles. The van der Waals surface area contributed by atoms with Crippen LogP contribution in [0.5, 0.6) is 0 Å². The number of hydrogen-bond acceptors (Lipinski definition) is 4. The molecule has 1 saturated heterocycles. The van der Waals surface area contributed by atoms with E-state index < -0.39 is 5.97 Å². The van der Waals surface area contributed by atoms with Crippen LogP contribution < -0.4 is 0 Å². The van der Waals surface area contributed by atoms with Gasteiger partial charge in [-0.15, -0.1) is 11.8 Å². The zero-order valence-corrected chi connectivity index (χ0v) is 12.8. The second-order valence-corrected chi connectivity index (χ2v) is 5.82.